The molecule has 0 bridgehead atoms. The minimum Gasteiger partial charge on any atom is -0.544 e. The van der Waals surface area contributed by atoms with Crippen molar-refractivity contribution in [2.24, 2.45) is 22.4 Å². The minimum absolute atomic E-state index is 0.259. The molecule has 0 spiro atoms. The molecule has 3 aliphatic rings. The van der Waals surface area contributed by atoms with Crippen LogP contribution in [0.2, 0.25) is 19.6 Å². The molecule has 0 aliphatic heterocycles. The van der Waals surface area contributed by atoms with Crippen LogP contribution in [0.1, 0.15) is 56.1 Å². The van der Waals surface area contributed by atoms with Crippen LogP contribution in [-0.2, 0) is 11.3 Å². The van der Waals surface area contributed by atoms with E-state index in [1.807, 2.05) is 0 Å². The van der Waals surface area contributed by atoms with Gasteiger partial charge >= 0.3 is 0 Å². The van der Waals surface area contributed by atoms with Crippen molar-refractivity contribution in [1.29, 1.82) is 0 Å². The van der Waals surface area contributed by atoms with Crippen molar-refractivity contribution in [3.05, 3.63) is 29.3 Å². The second-order valence-corrected chi connectivity index (χ2v) is 14.1. The summed E-state index contributed by atoms with van der Waals surface area (Å²) in [7, 11) is 0.141. The molecule has 26 heavy (non-hydrogen) atoms. The summed E-state index contributed by atoms with van der Waals surface area (Å²) < 4.78 is 6.24. The first-order chi connectivity index (χ1) is 12.3. The highest BCUT2D eigenvalue weighted by Crippen LogP contribution is 2.60. The van der Waals surface area contributed by atoms with Crippen LogP contribution in [0.5, 0.6) is 5.75 Å². The van der Waals surface area contributed by atoms with Crippen LogP contribution in [0, 0.1) is 17.3 Å². The predicted octanol–water partition coefficient (Wildman–Crippen LogP) is 5.76. The van der Waals surface area contributed by atoms with Crippen molar-refractivity contribution < 1.29 is 9.26 Å². The molecular formula is C22H33NO2Si. The average Bonchev–Trinajstić information content (AvgIpc) is 2.90. The maximum Gasteiger partial charge on any atom is 0.242 e. The zero-order valence-corrected chi connectivity index (χ0v) is 18.0. The summed E-state index contributed by atoms with van der Waals surface area (Å²) in [5.74, 6) is 3.37. The van der Waals surface area contributed by atoms with Gasteiger partial charge in [-0.15, -0.1) is 0 Å². The summed E-state index contributed by atoms with van der Waals surface area (Å²) in [4.78, 5) is 5.16. The molecule has 0 radical (unpaired) electrons. The Balaban J connectivity index is 1.60. The van der Waals surface area contributed by atoms with E-state index in [1.54, 1.807) is 12.7 Å². The monoisotopic (exact) mass is 371 g/mol. The third kappa shape index (κ3) is 3.00. The molecule has 1 aromatic carbocycles. The van der Waals surface area contributed by atoms with Crippen molar-refractivity contribution in [3.63, 3.8) is 0 Å². The van der Waals surface area contributed by atoms with Crippen LogP contribution in [-0.4, -0.2) is 21.1 Å². The van der Waals surface area contributed by atoms with E-state index in [-0.39, 0.29) is 5.41 Å². The van der Waals surface area contributed by atoms with Crippen molar-refractivity contribution in [1.82, 2.24) is 0 Å². The van der Waals surface area contributed by atoms with Crippen LogP contribution >= 0.6 is 0 Å². The molecule has 2 fully saturated rings. The van der Waals surface area contributed by atoms with Crippen LogP contribution in [0.25, 0.3) is 0 Å². The molecule has 0 amide bonds. The molecule has 3 aliphatic carbocycles. The molecule has 0 aromatic heterocycles. The number of hydrogen-bond donors (Lipinski definition) is 0. The van der Waals surface area contributed by atoms with Crippen LogP contribution in [0.4, 0.5) is 0 Å². The van der Waals surface area contributed by atoms with Gasteiger partial charge in [-0.3, -0.25) is 0 Å². The topological polar surface area (TPSA) is 30.8 Å². The maximum absolute atomic E-state index is 6.24. The molecule has 2 saturated carbocycles. The van der Waals surface area contributed by atoms with Gasteiger partial charge < -0.3 is 9.26 Å². The molecule has 0 unspecified atom stereocenters. The van der Waals surface area contributed by atoms with E-state index >= 15 is 0 Å². The van der Waals surface area contributed by atoms with Crippen molar-refractivity contribution in [3.8, 4) is 5.75 Å². The van der Waals surface area contributed by atoms with Gasteiger partial charge in [-0.25, -0.2) is 0 Å². The average molecular weight is 372 g/mol. The van der Waals surface area contributed by atoms with Crippen molar-refractivity contribution >= 4 is 14.0 Å². The lowest BCUT2D eigenvalue weighted by atomic mass is 9.55. The van der Waals surface area contributed by atoms with Gasteiger partial charge in [-0.1, -0.05) is 18.1 Å². The molecule has 0 heterocycles. The fourth-order valence-corrected chi connectivity index (χ4v) is 6.86. The summed E-state index contributed by atoms with van der Waals surface area (Å²) in [5, 5.41) is 4.41. The molecular weight excluding hydrogens is 338 g/mol. The Morgan fingerprint density at radius 2 is 1.92 bits per heavy atom. The normalized spacial score (nSPS) is 34.8. The van der Waals surface area contributed by atoms with E-state index in [1.165, 1.54) is 43.4 Å². The second-order valence-electron chi connectivity index (χ2n) is 9.71. The van der Waals surface area contributed by atoms with E-state index in [2.05, 4.69) is 49.9 Å². The Morgan fingerprint density at radius 1 is 1.12 bits per heavy atom. The van der Waals surface area contributed by atoms with Gasteiger partial charge in [0.25, 0.3) is 0 Å². The Kier molecular flexibility index (Phi) is 4.45. The lowest BCUT2D eigenvalue weighted by Crippen LogP contribution is -2.42. The molecule has 1 aromatic rings. The summed E-state index contributed by atoms with van der Waals surface area (Å²) in [6.07, 6.45) is 7.44. The van der Waals surface area contributed by atoms with Crippen LogP contribution in [0.3, 0.4) is 0 Å². The summed E-state index contributed by atoms with van der Waals surface area (Å²) in [6.45, 7) is 9.20. The molecule has 142 valence electrons. The SMILES string of the molecule is CON=C1CC[C@H]2[C@@H]3CCc4cc(O[Si](C)(C)C)ccc4[C@H]3CC[C@]12C. The zero-order chi connectivity index (χ0) is 18.5. The summed E-state index contributed by atoms with van der Waals surface area (Å²) in [6, 6.07) is 6.94. The van der Waals surface area contributed by atoms with Gasteiger partial charge in [0.15, 0.2) is 0 Å². The minimum atomic E-state index is -1.55. The van der Waals surface area contributed by atoms with E-state index in [0.717, 1.165) is 29.9 Å². The number of rotatable bonds is 3. The van der Waals surface area contributed by atoms with Gasteiger partial charge in [-0.2, -0.15) is 0 Å². The highest BCUT2D eigenvalue weighted by molar-refractivity contribution is 6.70. The molecule has 4 heteroatoms. The quantitative estimate of drug-likeness (QED) is 0.499. The Labute approximate surface area is 159 Å². The first kappa shape index (κ1) is 18.1. The Bertz CT molecular complexity index is 723. The number of nitrogens with zero attached hydrogens (tertiary/aromatic N) is 1. The molecule has 0 saturated heterocycles. The molecule has 4 rings (SSSR count). The Morgan fingerprint density at radius 3 is 2.65 bits per heavy atom. The summed E-state index contributed by atoms with van der Waals surface area (Å²) >= 11 is 0. The Hall–Kier alpha value is -1.29. The van der Waals surface area contributed by atoms with Crippen LogP contribution in [0.15, 0.2) is 23.4 Å². The predicted molar refractivity (Wildman–Crippen MR) is 109 cm³/mol. The molecule has 4 atom stereocenters. The van der Waals surface area contributed by atoms with E-state index in [0.29, 0.717) is 0 Å². The number of benzene rings is 1. The lowest BCUT2D eigenvalue weighted by molar-refractivity contribution is 0.0924. The number of aryl methyl sites for hydroxylation is 1. The van der Waals surface area contributed by atoms with Crippen molar-refractivity contribution in [2.75, 3.05) is 7.11 Å². The lowest BCUT2D eigenvalue weighted by Gasteiger charge is -2.49. The second kappa shape index (κ2) is 6.40. The van der Waals surface area contributed by atoms with Gasteiger partial charge in [0.05, 0.1) is 5.71 Å². The fraction of sp³-hybridized carbons (Fsp3) is 0.682. The van der Waals surface area contributed by atoms with E-state index in [9.17, 15) is 0 Å². The highest BCUT2D eigenvalue weighted by atomic mass is 28.4. The van der Waals surface area contributed by atoms with Crippen molar-refractivity contribution in [2.45, 2.75) is 71.0 Å². The van der Waals surface area contributed by atoms with E-state index < -0.39 is 8.32 Å². The third-order valence-corrected chi connectivity index (χ3v) is 7.91. The maximum atomic E-state index is 6.24. The highest BCUT2D eigenvalue weighted by Gasteiger charge is 2.53. The van der Waals surface area contributed by atoms with Gasteiger partial charge in [0.1, 0.15) is 12.9 Å². The number of oxime groups is 1. The third-order valence-electron chi connectivity index (χ3n) is 7.06. The first-order valence-corrected chi connectivity index (χ1v) is 13.6. The van der Waals surface area contributed by atoms with Gasteiger partial charge in [-0.05, 0) is 99.2 Å². The number of hydrogen-bond acceptors (Lipinski definition) is 3. The fourth-order valence-electron chi connectivity index (χ4n) is 6.02. The van der Waals surface area contributed by atoms with E-state index in [4.69, 9.17) is 9.26 Å². The molecule has 3 nitrogen and oxygen atoms in total. The van der Waals surface area contributed by atoms with Gasteiger partial charge in [0.2, 0.25) is 8.32 Å². The smallest absolute Gasteiger partial charge is 0.242 e. The standard InChI is InChI=1S/C22H33NO2Si/c1-22-13-12-18-17-9-7-16(25-26(3,4)5)14-15(17)6-8-19(18)20(22)10-11-21(22)23-24-2/h7,9,14,18-20H,6,8,10-13H2,1-5H3/t18-,19-,20+,22+/m1/s1. The molecule has 0 N–H and O–H groups in total. The summed E-state index contributed by atoms with van der Waals surface area (Å²) in [5.41, 5.74) is 4.71. The zero-order valence-electron chi connectivity index (χ0n) is 17.0. The first-order valence-electron chi connectivity index (χ1n) is 10.2. The number of fused-ring (bicyclic) bond motifs is 5. The van der Waals surface area contributed by atoms with Crippen LogP contribution < -0.4 is 4.43 Å². The largest absolute Gasteiger partial charge is 0.544 e. The van der Waals surface area contributed by atoms with Gasteiger partial charge in [0, 0.05) is 5.41 Å².